The molecule has 5 heteroatoms. The van der Waals surface area contributed by atoms with Crippen molar-refractivity contribution in [2.75, 3.05) is 7.11 Å². The van der Waals surface area contributed by atoms with Crippen LogP contribution in [-0.4, -0.2) is 52.6 Å². The molecule has 0 amide bonds. The molecule has 0 saturated carbocycles. The molecule has 0 spiro atoms. The van der Waals surface area contributed by atoms with Gasteiger partial charge in [-0.1, -0.05) is 0 Å². The standard InChI is InChI=1S/C8H16O5/c1-5(10)7(11)8(2,12)6(4-9)13-3/h4-7,10-12H,1-3H3/t5-,6-,7+,8-/m0/s1. The molecule has 0 aliphatic carbocycles. The maximum atomic E-state index is 10.4. The van der Waals surface area contributed by atoms with E-state index < -0.39 is 23.9 Å². The molecular weight excluding hydrogens is 176 g/mol. The van der Waals surface area contributed by atoms with E-state index in [1.807, 2.05) is 0 Å². The highest BCUT2D eigenvalue weighted by Crippen LogP contribution is 2.18. The van der Waals surface area contributed by atoms with Gasteiger partial charge in [-0.3, -0.25) is 0 Å². The number of aldehydes is 1. The van der Waals surface area contributed by atoms with Gasteiger partial charge in [-0.25, -0.2) is 0 Å². The minimum atomic E-state index is -1.79. The Morgan fingerprint density at radius 3 is 2.15 bits per heavy atom. The van der Waals surface area contributed by atoms with E-state index in [2.05, 4.69) is 4.74 Å². The SMILES string of the molecule is CO[C@@H](C=O)[C@](C)(O)[C@H](O)[C@H](C)O. The van der Waals surface area contributed by atoms with Crippen LogP contribution < -0.4 is 0 Å². The van der Waals surface area contributed by atoms with Crippen LogP contribution in [0.4, 0.5) is 0 Å². The third kappa shape index (κ3) is 2.73. The van der Waals surface area contributed by atoms with E-state index in [-0.39, 0.29) is 0 Å². The summed E-state index contributed by atoms with van der Waals surface area (Å²) in [5.74, 6) is 0. The van der Waals surface area contributed by atoms with Gasteiger partial charge in [-0.15, -0.1) is 0 Å². The summed E-state index contributed by atoms with van der Waals surface area (Å²) in [6.07, 6.45) is -3.33. The van der Waals surface area contributed by atoms with Crippen LogP contribution in [0.3, 0.4) is 0 Å². The molecule has 0 aromatic heterocycles. The summed E-state index contributed by atoms with van der Waals surface area (Å²) in [5.41, 5.74) is -1.79. The van der Waals surface area contributed by atoms with Crippen molar-refractivity contribution in [2.24, 2.45) is 0 Å². The van der Waals surface area contributed by atoms with Gasteiger partial charge in [0.1, 0.15) is 17.8 Å². The first-order valence-corrected chi connectivity index (χ1v) is 3.94. The average molecular weight is 192 g/mol. The molecule has 0 saturated heterocycles. The van der Waals surface area contributed by atoms with Crippen LogP contribution in [0.25, 0.3) is 0 Å². The third-order valence-electron chi connectivity index (χ3n) is 2.01. The van der Waals surface area contributed by atoms with Crippen molar-refractivity contribution in [2.45, 2.75) is 37.8 Å². The van der Waals surface area contributed by atoms with Gasteiger partial charge in [0.2, 0.25) is 0 Å². The minimum absolute atomic E-state index is 0.381. The number of hydrogen-bond donors (Lipinski definition) is 3. The molecular formula is C8H16O5. The molecule has 0 aromatic carbocycles. The van der Waals surface area contributed by atoms with Gasteiger partial charge < -0.3 is 24.9 Å². The van der Waals surface area contributed by atoms with Gasteiger partial charge in [0, 0.05) is 7.11 Å². The molecule has 0 aromatic rings. The van der Waals surface area contributed by atoms with E-state index >= 15 is 0 Å². The number of ether oxygens (including phenoxy) is 1. The van der Waals surface area contributed by atoms with Gasteiger partial charge in [0.15, 0.2) is 6.29 Å². The molecule has 4 atom stereocenters. The molecule has 0 unspecified atom stereocenters. The highest BCUT2D eigenvalue weighted by atomic mass is 16.5. The van der Waals surface area contributed by atoms with Crippen molar-refractivity contribution in [3.63, 3.8) is 0 Å². The molecule has 0 fully saturated rings. The number of carbonyl (C=O) groups is 1. The summed E-state index contributed by atoms with van der Waals surface area (Å²) in [6.45, 7) is 2.55. The van der Waals surface area contributed by atoms with Gasteiger partial charge in [0.25, 0.3) is 0 Å². The quantitative estimate of drug-likeness (QED) is 0.471. The summed E-state index contributed by atoms with van der Waals surface area (Å²) in [7, 11) is 1.24. The van der Waals surface area contributed by atoms with Crippen LogP contribution in [0.2, 0.25) is 0 Å². The molecule has 0 aliphatic heterocycles. The molecule has 0 heterocycles. The minimum Gasteiger partial charge on any atom is -0.391 e. The van der Waals surface area contributed by atoms with Crippen molar-refractivity contribution in [1.29, 1.82) is 0 Å². The smallest absolute Gasteiger partial charge is 0.151 e. The normalized spacial score (nSPS) is 22.9. The maximum absolute atomic E-state index is 10.4. The van der Waals surface area contributed by atoms with Gasteiger partial charge in [0.05, 0.1) is 6.10 Å². The first-order valence-electron chi connectivity index (χ1n) is 3.94. The Morgan fingerprint density at radius 1 is 1.46 bits per heavy atom. The Kier molecular flexibility index (Phi) is 4.49. The fourth-order valence-corrected chi connectivity index (χ4v) is 1.09. The average Bonchev–Trinajstić information content (AvgIpc) is 2.04. The van der Waals surface area contributed by atoms with Gasteiger partial charge >= 0.3 is 0 Å². The van der Waals surface area contributed by atoms with Gasteiger partial charge in [-0.2, -0.15) is 0 Å². The monoisotopic (exact) mass is 192 g/mol. The van der Waals surface area contributed by atoms with E-state index in [1.165, 1.54) is 21.0 Å². The number of carbonyl (C=O) groups excluding carboxylic acids is 1. The topological polar surface area (TPSA) is 87.0 Å². The molecule has 0 bridgehead atoms. The zero-order valence-electron chi connectivity index (χ0n) is 7.97. The first kappa shape index (κ1) is 12.5. The van der Waals surface area contributed by atoms with E-state index in [4.69, 9.17) is 5.11 Å². The summed E-state index contributed by atoms with van der Waals surface area (Å²) in [6, 6.07) is 0. The second kappa shape index (κ2) is 4.66. The number of rotatable bonds is 5. The van der Waals surface area contributed by atoms with Crippen LogP contribution >= 0.6 is 0 Å². The molecule has 78 valence electrons. The Hall–Kier alpha value is -0.490. The zero-order valence-corrected chi connectivity index (χ0v) is 7.97. The van der Waals surface area contributed by atoms with Crippen molar-refractivity contribution in [3.05, 3.63) is 0 Å². The number of methoxy groups -OCH3 is 1. The van der Waals surface area contributed by atoms with Crippen molar-refractivity contribution in [3.8, 4) is 0 Å². The Labute approximate surface area is 77.0 Å². The van der Waals surface area contributed by atoms with Crippen molar-refractivity contribution in [1.82, 2.24) is 0 Å². The summed E-state index contributed by atoms with van der Waals surface area (Å²) < 4.78 is 4.65. The largest absolute Gasteiger partial charge is 0.391 e. The lowest BCUT2D eigenvalue weighted by Crippen LogP contribution is -2.55. The number of hydrogen-bond acceptors (Lipinski definition) is 5. The van der Waals surface area contributed by atoms with Crippen molar-refractivity contribution < 1.29 is 24.9 Å². The maximum Gasteiger partial charge on any atom is 0.151 e. The summed E-state index contributed by atoms with van der Waals surface area (Å²) in [4.78, 5) is 10.4. The van der Waals surface area contributed by atoms with Crippen LogP contribution in [0.15, 0.2) is 0 Å². The molecule has 13 heavy (non-hydrogen) atoms. The van der Waals surface area contributed by atoms with Crippen LogP contribution in [0, 0.1) is 0 Å². The lowest BCUT2D eigenvalue weighted by Gasteiger charge is -2.34. The van der Waals surface area contributed by atoms with Crippen LogP contribution in [0.5, 0.6) is 0 Å². The van der Waals surface area contributed by atoms with Gasteiger partial charge in [-0.05, 0) is 13.8 Å². The second-order valence-corrected chi connectivity index (χ2v) is 3.20. The highest BCUT2D eigenvalue weighted by Gasteiger charge is 2.41. The molecule has 0 aliphatic rings. The molecule has 5 nitrogen and oxygen atoms in total. The molecule has 0 rings (SSSR count). The highest BCUT2D eigenvalue weighted by molar-refractivity contribution is 5.58. The third-order valence-corrected chi connectivity index (χ3v) is 2.01. The summed E-state index contributed by atoms with van der Waals surface area (Å²) in [5, 5.41) is 28.0. The van der Waals surface area contributed by atoms with E-state index in [1.54, 1.807) is 0 Å². The Bertz CT molecular complexity index is 166. The number of aliphatic hydroxyl groups excluding tert-OH is 2. The predicted molar refractivity (Wildman–Crippen MR) is 45.2 cm³/mol. The zero-order chi connectivity index (χ0) is 10.6. The molecule has 3 N–H and O–H groups in total. The van der Waals surface area contributed by atoms with E-state index in [0.29, 0.717) is 6.29 Å². The second-order valence-electron chi connectivity index (χ2n) is 3.20. The lowest BCUT2D eigenvalue weighted by atomic mass is 9.90. The van der Waals surface area contributed by atoms with Crippen molar-refractivity contribution >= 4 is 6.29 Å². The van der Waals surface area contributed by atoms with E-state index in [0.717, 1.165) is 0 Å². The fourth-order valence-electron chi connectivity index (χ4n) is 1.09. The molecule has 0 radical (unpaired) electrons. The summed E-state index contributed by atoms with van der Waals surface area (Å²) >= 11 is 0. The number of aliphatic hydroxyl groups is 3. The first-order chi connectivity index (χ1) is 5.87. The van der Waals surface area contributed by atoms with E-state index in [9.17, 15) is 15.0 Å². The Morgan fingerprint density at radius 2 is 1.92 bits per heavy atom. The van der Waals surface area contributed by atoms with Crippen LogP contribution in [0.1, 0.15) is 13.8 Å². The van der Waals surface area contributed by atoms with Crippen LogP contribution in [-0.2, 0) is 9.53 Å². The Balaban J connectivity index is 4.60. The predicted octanol–water partition coefficient (Wildman–Crippen LogP) is -1.31. The fraction of sp³-hybridized carbons (Fsp3) is 0.875. The lowest BCUT2D eigenvalue weighted by molar-refractivity contribution is -0.172.